The summed E-state index contributed by atoms with van der Waals surface area (Å²) < 4.78 is 18.9. The molecule has 3 rings (SSSR count). The van der Waals surface area contributed by atoms with Crippen LogP contribution in [-0.4, -0.2) is 34.6 Å². The first kappa shape index (κ1) is 20.3. The molecular weight excluding hydrogens is 357 g/mol. The summed E-state index contributed by atoms with van der Waals surface area (Å²) in [4.78, 5) is 14.6. The normalized spacial score (nSPS) is 15.5. The van der Waals surface area contributed by atoms with Gasteiger partial charge in [-0.25, -0.2) is 4.39 Å². The fraction of sp³-hybridized carbons (Fsp3) is 0.435. The largest absolute Gasteiger partial charge is 0.489 e. The van der Waals surface area contributed by atoms with E-state index < -0.39 is 5.60 Å². The lowest BCUT2D eigenvalue weighted by molar-refractivity contribution is 0.0358. The van der Waals surface area contributed by atoms with E-state index >= 15 is 0 Å². The molecule has 150 valence electrons. The molecule has 1 N–H and O–H groups in total. The minimum atomic E-state index is -0.655. The van der Waals surface area contributed by atoms with Crippen molar-refractivity contribution in [3.05, 3.63) is 65.5 Å². The van der Waals surface area contributed by atoms with Gasteiger partial charge in [-0.15, -0.1) is 0 Å². The number of likely N-dealkylation sites (tertiary alicyclic amines) is 1. The molecule has 2 aromatic rings. The molecule has 1 fully saturated rings. The molecule has 0 aliphatic carbocycles. The highest BCUT2D eigenvalue weighted by molar-refractivity contribution is 5.94. The van der Waals surface area contributed by atoms with E-state index in [2.05, 4.69) is 0 Å². The van der Waals surface area contributed by atoms with Crippen LogP contribution in [0.15, 0.2) is 48.5 Å². The van der Waals surface area contributed by atoms with Crippen LogP contribution >= 0.6 is 0 Å². The molecule has 4 nitrogen and oxygen atoms in total. The second kappa shape index (κ2) is 8.74. The third-order valence-corrected chi connectivity index (χ3v) is 5.09. The van der Waals surface area contributed by atoms with Crippen molar-refractivity contribution in [3.63, 3.8) is 0 Å². The summed E-state index contributed by atoms with van der Waals surface area (Å²) >= 11 is 0. The molecule has 0 saturated carbocycles. The summed E-state index contributed by atoms with van der Waals surface area (Å²) in [6.07, 6.45) is 2.61. The molecule has 28 heavy (non-hydrogen) atoms. The van der Waals surface area contributed by atoms with Gasteiger partial charge in [-0.05, 0) is 81.0 Å². The number of hydrogen-bond acceptors (Lipinski definition) is 3. The number of hydrogen-bond donors (Lipinski definition) is 1. The minimum Gasteiger partial charge on any atom is -0.489 e. The smallest absolute Gasteiger partial charge is 0.253 e. The van der Waals surface area contributed by atoms with Crippen LogP contribution in [0.25, 0.3) is 0 Å². The van der Waals surface area contributed by atoms with Crippen molar-refractivity contribution in [2.24, 2.45) is 5.92 Å². The van der Waals surface area contributed by atoms with Crippen LogP contribution in [0.4, 0.5) is 4.39 Å². The fourth-order valence-corrected chi connectivity index (χ4v) is 3.72. The van der Waals surface area contributed by atoms with Crippen LogP contribution in [0, 0.1) is 11.7 Å². The van der Waals surface area contributed by atoms with E-state index in [-0.39, 0.29) is 18.3 Å². The number of benzene rings is 2. The Morgan fingerprint density at radius 1 is 1.18 bits per heavy atom. The highest BCUT2D eigenvalue weighted by Gasteiger charge is 2.27. The molecule has 2 aromatic carbocycles. The lowest BCUT2D eigenvalue weighted by Crippen LogP contribution is -2.40. The van der Waals surface area contributed by atoms with Gasteiger partial charge in [0.05, 0.1) is 5.60 Å². The first-order chi connectivity index (χ1) is 13.3. The zero-order valence-electron chi connectivity index (χ0n) is 16.5. The molecule has 1 amide bonds. The van der Waals surface area contributed by atoms with Crippen molar-refractivity contribution in [1.29, 1.82) is 0 Å². The zero-order valence-corrected chi connectivity index (χ0v) is 16.5. The van der Waals surface area contributed by atoms with Crippen molar-refractivity contribution < 1.29 is 19.0 Å². The van der Waals surface area contributed by atoms with Crippen LogP contribution < -0.4 is 4.74 Å². The Morgan fingerprint density at radius 2 is 1.86 bits per heavy atom. The predicted octanol–water partition coefficient (Wildman–Crippen LogP) is 4.42. The lowest BCUT2D eigenvalue weighted by Gasteiger charge is -2.34. The Kier molecular flexibility index (Phi) is 6.35. The van der Waals surface area contributed by atoms with Crippen molar-refractivity contribution in [2.75, 3.05) is 13.1 Å². The van der Waals surface area contributed by atoms with Gasteiger partial charge in [0.1, 0.15) is 18.2 Å². The number of carbonyl (C=O) groups excluding carboxylic acids is 1. The van der Waals surface area contributed by atoms with Crippen LogP contribution in [0.5, 0.6) is 5.75 Å². The SMILES string of the molecule is CC(C)(O)CC1CCN(C(=O)c2ccc(OCc3cccc(F)c3)cc2)CC1. The van der Waals surface area contributed by atoms with Crippen LogP contribution in [0.3, 0.4) is 0 Å². The van der Waals surface area contributed by atoms with Crippen molar-refractivity contribution in [1.82, 2.24) is 4.90 Å². The first-order valence-electron chi connectivity index (χ1n) is 9.79. The molecule has 1 heterocycles. The summed E-state index contributed by atoms with van der Waals surface area (Å²) in [7, 11) is 0. The number of piperidine rings is 1. The number of nitrogens with zero attached hydrogens (tertiary/aromatic N) is 1. The topological polar surface area (TPSA) is 49.8 Å². The average molecular weight is 385 g/mol. The van der Waals surface area contributed by atoms with E-state index in [1.54, 1.807) is 30.3 Å². The molecule has 5 heteroatoms. The van der Waals surface area contributed by atoms with E-state index in [1.807, 2.05) is 24.8 Å². The van der Waals surface area contributed by atoms with Crippen LogP contribution in [0.1, 0.15) is 49.0 Å². The van der Waals surface area contributed by atoms with Gasteiger partial charge in [0, 0.05) is 18.7 Å². The number of aliphatic hydroxyl groups is 1. The van der Waals surface area contributed by atoms with Gasteiger partial charge in [0.15, 0.2) is 0 Å². The molecule has 0 atom stereocenters. The first-order valence-corrected chi connectivity index (χ1v) is 9.79. The Hall–Kier alpha value is -2.40. The Morgan fingerprint density at radius 3 is 2.46 bits per heavy atom. The van der Waals surface area contributed by atoms with Gasteiger partial charge >= 0.3 is 0 Å². The third kappa shape index (κ3) is 5.80. The number of rotatable bonds is 6. The second-order valence-electron chi connectivity index (χ2n) is 8.20. The van der Waals surface area contributed by atoms with Gasteiger partial charge in [-0.3, -0.25) is 4.79 Å². The molecule has 0 bridgehead atoms. The van der Waals surface area contributed by atoms with E-state index in [4.69, 9.17) is 4.74 Å². The fourth-order valence-electron chi connectivity index (χ4n) is 3.72. The van der Waals surface area contributed by atoms with Gasteiger partial charge in [-0.2, -0.15) is 0 Å². The maximum atomic E-state index is 13.2. The molecule has 0 aromatic heterocycles. The van der Waals surface area contributed by atoms with Gasteiger partial charge in [-0.1, -0.05) is 12.1 Å². The summed E-state index contributed by atoms with van der Waals surface area (Å²) in [5.41, 5.74) is 0.742. The monoisotopic (exact) mass is 385 g/mol. The molecule has 1 saturated heterocycles. The lowest BCUT2D eigenvalue weighted by atomic mass is 9.86. The van der Waals surface area contributed by atoms with Crippen molar-refractivity contribution in [3.8, 4) is 5.75 Å². The summed E-state index contributed by atoms with van der Waals surface area (Å²) in [6.45, 7) is 5.39. The second-order valence-corrected chi connectivity index (χ2v) is 8.20. The number of carbonyl (C=O) groups is 1. The summed E-state index contributed by atoms with van der Waals surface area (Å²) in [5.74, 6) is 0.846. The number of ether oxygens (including phenoxy) is 1. The number of halogens is 1. The van der Waals surface area contributed by atoms with E-state index in [1.165, 1.54) is 12.1 Å². The van der Waals surface area contributed by atoms with Gasteiger partial charge in [0.2, 0.25) is 0 Å². The molecule has 1 aliphatic rings. The molecule has 0 radical (unpaired) electrons. The maximum Gasteiger partial charge on any atom is 0.253 e. The summed E-state index contributed by atoms with van der Waals surface area (Å²) in [5, 5.41) is 9.97. The minimum absolute atomic E-state index is 0.0263. The highest BCUT2D eigenvalue weighted by Crippen LogP contribution is 2.27. The Labute approximate surface area is 165 Å². The van der Waals surface area contributed by atoms with E-state index in [9.17, 15) is 14.3 Å². The van der Waals surface area contributed by atoms with E-state index in [0.717, 1.165) is 37.9 Å². The van der Waals surface area contributed by atoms with Gasteiger partial charge < -0.3 is 14.7 Å². The molecular formula is C23H28FNO3. The average Bonchev–Trinajstić information content (AvgIpc) is 2.66. The third-order valence-electron chi connectivity index (χ3n) is 5.09. The van der Waals surface area contributed by atoms with Crippen molar-refractivity contribution in [2.45, 2.75) is 45.3 Å². The molecule has 0 unspecified atom stereocenters. The van der Waals surface area contributed by atoms with Crippen molar-refractivity contribution >= 4 is 5.91 Å². The highest BCUT2D eigenvalue weighted by atomic mass is 19.1. The van der Waals surface area contributed by atoms with Crippen LogP contribution in [-0.2, 0) is 6.61 Å². The van der Waals surface area contributed by atoms with Gasteiger partial charge in [0.25, 0.3) is 5.91 Å². The number of amides is 1. The quantitative estimate of drug-likeness (QED) is 0.801. The molecule has 1 aliphatic heterocycles. The zero-order chi connectivity index (χ0) is 20.1. The Bertz CT molecular complexity index is 790. The Balaban J connectivity index is 1.51. The maximum absolute atomic E-state index is 13.2. The van der Waals surface area contributed by atoms with E-state index in [0.29, 0.717) is 17.2 Å². The molecule has 0 spiro atoms. The summed E-state index contributed by atoms with van der Waals surface area (Å²) in [6, 6.07) is 13.4. The standard InChI is InChI=1S/C23H28FNO3/c1-23(2,27)15-17-10-12-25(13-11-17)22(26)19-6-8-21(9-7-19)28-16-18-4-3-5-20(24)14-18/h3-9,14,17,27H,10-13,15-16H2,1-2H3. The van der Waals surface area contributed by atoms with Crippen LogP contribution in [0.2, 0.25) is 0 Å². The predicted molar refractivity (Wildman–Crippen MR) is 107 cm³/mol.